The van der Waals surface area contributed by atoms with E-state index in [2.05, 4.69) is 15.7 Å². The first kappa shape index (κ1) is 13.0. The first-order valence-electron chi connectivity index (χ1n) is 6.30. The largest absolute Gasteiger partial charge is 0.245 e. The lowest BCUT2D eigenvalue weighted by atomic mass is 10.0. The van der Waals surface area contributed by atoms with Crippen LogP contribution in [0.4, 0.5) is 0 Å². The summed E-state index contributed by atoms with van der Waals surface area (Å²) in [5.74, 6) is 0.413. The molecular formula is C12H15N3O2S2. The number of fused-ring (bicyclic) bond motifs is 1. The molecule has 0 bridgehead atoms. The van der Waals surface area contributed by atoms with E-state index in [9.17, 15) is 8.42 Å². The van der Waals surface area contributed by atoms with Gasteiger partial charge in [0.25, 0.3) is 0 Å². The van der Waals surface area contributed by atoms with E-state index in [4.69, 9.17) is 0 Å². The summed E-state index contributed by atoms with van der Waals surface area (Å²) in [7, 11) is -3.45. The minimum atomic E-state index is -3.45. The van der Waals surface area contributed by atoms with Crippen molar-refractivity contribution >= 4 is 32.8 Å². The van der Waals surface area contributed by atoms with E-state index >= 15 is 0 Å². The Morgan fingerprint density at radius 1 is 1.37 bits per heavy atom. The zero-order chi connectivity index (χ0) is 13.5. The van der Waals surface area contributed by atoms with Crippen molar-refractivity contribution in [3.63, 3.8) is 0 Å². The van der Waals surface area contributed by atoms with Crippen LogP contribution in [0.2, 0.25) is 0 Å². The molecule has 102 valence electrons. The summed E-state index contributed by atoms with van der Waals surface area (Å²) in [6.07, 6.45) is 2.01. The molecule has 1 atom stereocenters. The highest BCUT2D eigenvalue weighted by Crippen LogP contribution is 2.27. The van der Waals surface area contributed by atoms with Gasteiger partial charge in [-0.3, -0.25) is 0 Å². The molecule has 19 heavy (non-hydrogen) atoms. The average molecular weight is 297 g/mol. The predicted octanol–water partition coefficient (Wildman–Crippen LogP) is 2.11. The van der Waals surface area contributed by atoms with Gasteiger partial charge >= 0.3 is 0 Å². The van der Waals surface area contributed by atoms with Crippen LogP contribution in [0, 0.1) is 5.92 Å². The fourth-order valence-corrected chi connectivity index (χ4v) is 4.84. The van der Waals surface area contributed by atoms with Gasteiger partial charge < -0.3 is 0 Å². The van der Waals surface area contributed by atoms with Crippen molar-refractivity contribution in [1.82, 2.24) is 13.1 Å². The second-order valence-corrected chi connectivity index (χ2v) is 7.43. The molecule has 0 radical (unpaired) electrons. The number of rotatable bonds is 2. The lowest BCUT2D eigenvalue weighted by molar-refractivity contribution is 0.281. The Balaban J connectivity index is 2.06. The zero-order valence-electron chi connectivity index (χ0n) is 10.6. The standard InChI is InChI=1S/C12H15N3O2S2/c1-9-4-3-7-15(8-9)19(16,17)11-6-2-5-10-12(11)14-18-13-10/h2,5-6,9H,3-4,7-8H2,1H3. The number of sulfonamides is 1. The fourth-order valence-electron chi connectivity index (χ4n) is 2.49. The topological polar surface area (TPSA) is 63.2 Å². The van der Waals surface area contributed by atoms with Crippen LogP contribution in [-0.4, -0.2) is 34.6 Å². The molecule has 1 aromatic carbocycles. The molecule has 1 aliphatic heterocycles. The normalized spacial score (nSPS) is 21.8. The monoisotopic (exact) mass is 297 g/mol. The van der Waals surface area contributed by atoms with Crippen LogP contribution in [0.5, 0.6) is 0 Å². The van der Waals surface area contributed by atoms with Gasteiger partial charge in [-0.1, -0.05) is 13.0 Å². The molecule has 2 heterocycles. The lowest BCUT2D eigenvalue weighted by Crippen LogP contribution is -2.39. The maximum Gasteiger partial charge on any atom is 0.245 e. The van der Waals surface area contributed by atoms with Gasteiger partial charge in [0.2, 0.25) is 10.0 Å². The maximum absolute atomic E-state index is 12.7. The molecule has 0 saturated carbocycles. The minimum Gasteiger partial charge on any atom is -0.207 e. The molecule has 1 fully saturated rings. The highest BCUT2D eigenvalue weighted by Gasteiger charge is 2.30. The quantitative estimate of drug-likeness (QED) is 0.851. The van der Waals surface area contributed by atoms with Crippen LogP contribution in [0.25, 0.3) is 11.0 Å². The van der Waals surface area contributed by atoms with Gasteiger partial charge in [-0.05, 0) is 30.9 Å². The van der Waals surface area contributed by atoms with Gasteiger partial charge in [0.15, 0.2) is 0 Å². The van der Waals surface area contributed by atoms with E-state index in [1.165, 1.54) is 0 Å². The van der Waals surface area contributed by atoms with Gasteiger partial charge in [0.05, 0.1) is 11.7 Å². The number of nitrogens with zero attached hydrogens (tertiary/aromatic N) is 3. The summed E-state index contributed by atoms with van der Waals surface area (Å²) < 4.78 is 35.2. The Hall–Kier alpha value is -1.05. The second kappa shape index (κ2) is 4.81. The van der Waals surface area contributed by atoms with Gasteiger partial charge in [-0.15, -0.1) is 0 Å². The van der Waals surface area contributed by atoms with Crippen LogP contribution in [-0.2, 0) is 10.0 Å². The number of hydrogen-bond acceptors (Lipinski definition) is 5. The average Bonchev–Trinajstić information content (AvgIpc) is 2.86. The van der Waals surface area contributed by atoms with Crippen molar-refractivity contribution in [3.05, 3.63) is 18.2 Å². The number of aromatic nitrogens is 2. The minimum absolute atomic E-state index is 0.285. The third-order valence-corrected chi connectivity index (χ3v) is 5.93. The summed E-state index contributed by atoms with van der Waals surface area (Å²) in [4.78, 5) is 0.285. The third-order valence-electron chi connectivity index (χ3n) is 3.49. The molecule has 0 amide bonds. The van der Waals surface area contributed by atoms with Crippen molar-refractivity contribution in [3.8, 4) is 0 Å². The Morgan fingerprint density at radius 2 is 2.21 bits per heavy atom. The lowest BCUT2D eigenvalue weighted by Gasteiger charge is -2.29. The highest BCUT2D eigenvalue weighted by molar-refractivity contribution is 7.89. The predicted molar refractivity (Wildman–Crippen MR) is 74.6 cm³/mol. The Kier molecular flexibility index (Phi) is 3.28. The summed E-state index contributed by atoms with van der Waals surface area (Å²) in [5.41, 5.74) is 1.14. The molecule has 1 unspecified atom stereocenters. The second-order valence-electron chi connectivity index (χ2n) is 5.00. The van der Waals surface area contributed by atoms with Gasteiger partial charge in [0, 0.05) is 13.1 Å². The molecule has 1 aliphatic rings. The Labute approximate surface area is 116 Å². The van der Waals surface area contributed by atoms with E-state index < -0.39 is 10.0 Å². The zero-order valence-corrected chi connectivity index (χ0v) is 12.2. The molecule has 3 rings (SSSR count). The molecule has 2 aromatic rings. The van der Waals surface area contributed by atoms with Crippen LogP contribution >= 0.6 is 11.7 Å². The molecule has 5 nitrogen and oxygen atoms in total. The molecular weight excluding hydrogens is 282 g/mol. The highest BCUT2D eigenvalue weighted by atomic mass is 32.2. The van der Waals surface area contributed by atoms with Crippen LogP contribution < -0.4 is 0 Å². The third kappa shape index (κ3) is 2.26. The smallest absolute Gasteiger partial charge is 0.207 e. The number of benzene rings is 1. The Morgan fingerprint density at radius 3 is 3.00 bits per heavy atom. The fraction of sp³-hybridized carbons (Fsp3) is 0.500. The van der Waals surface area contributed by atoms with Crippen molar-refractivity contribution in [2.24, 2.45) is 5.92 Å². The number of hydrogen-bond donors (Lipinski definition) is 0. The summed E-state index contributed by atoms with van der Waals surface area (Å²) >= 11 is 1.05. The van der Waals surface area contributed by atoms with E-state index in [1.54, 1.807) is 22.5 Å². The van der Waals surface area contributed by atoms with Gasteiger partial charge in [0.1, 0.15) is 15.9 Å². The summed E-state index contributed by atoms with van der Waals surface area (Å²) in [6.45, 7) is 3.28. The van der Waals surface area contributed by atoms with Crippen LogP contribution in [0.1, 0.15) is 19.8 Å². The van der Waals surface area contributed by atoms with E-state index in [0.29, 0.717) is 30.0 Å². The van der Waals surface area contributed by atoms with E-state index in [-0.39, 0.29) is 4.90 Å². The molecule has 0 N–H and O–H groups in total. The first-order chi connectivity index (χ1) is 9.09. The van der Waals surface area contributed by atoms with Crippen LogP contribution in [0.15, 0.2) is 23.1 Å². The summed E-state index contributed by atoms with van der Waals surface area (Å²) in [6, 6.07) is 5.14. The van der Waals surface area contributed by atoms with Gasteiger partial charge in [-0.2, -0.15) is 13.1 Å². The van der Waals surface area contributed by atoms with Crippen molar-refractivity contribution in [1.29, 1.82) is 0 Å². The molecule has 0 aliphatic carbocycles. The van der Waals surface area contributed by atoms with Crippen molar-refractivity contribution in [2.45, 2.75) is 24.7 Å². The van der Waals surface area contributed by atoms with Gasteiger partial charge in [-0.25, -0.2) is 8.42 Å². The van der Waals surface area contributed by atoms with Crippen molar-refractivity contribution in [2.75, 3.05) is 13.1 Å². The number of piperidine rings is 1. The molecule has 7 heteroatoms. The SMILES string of the molecule is CC1CCCN(S(=O)(=O)c2cccc3nsnc23)C1. The molecule has 1 saturated heterocycles. The maximum atomic E-state index is 12.7. The molecule has 1 aromatic heterocycles. The first-order valence-corrected chi connectivity index (χ1v) is 8.47. The van der Waals surface area contributed by atoms with E-state index in [0.717, 1.165) is 24.6 Å². The summed E-state index contributed by atoms with van der Waals surface area (Å²) in [5, 5.41) is 0. The Bertz CT molecular complexity index is 696. The van der Waals surface area contributed by atoms with Crippen molar-refractivity contribution < 1.29 is 8.42 Å². The van der Waals surface area contributed by atoms with E-state index in [1.807, 2.05) is 0 Å². The molecule has 0 spiro atoms. The van der Waals surface area contributed by atoms with Crippen LogP contribution in [0.3, 0.4) is 0 Å².